The highest BCUT2D eigenvalue weighted by Gasteiger charge is 2.36. The summed E-state index contributed by atoms with van der Waals surface area (Å²) >= 11 is 0. The zero-order chi connectivity index (χ0) is 10.7. The van der Waals surface area contributed by atoms with Gasteiger partial charge in [-0.2, -0.15) is 0 Å². The van der Waals surface area contributed by atoms with Crippen LogP contribution in [0, 0.1) is 0 Å². The summed E-state index contributed by atoms with van der Waals surface area (Å²) in [5.74, 6) is -1.60. The van der Waals surface area contributed by atoms with Crippen molar-refractivity contribution >= 4 is 17.8 Å². The van der Waals surface area contributed by atoms with E-state index in [4.69, 9.17) is 0 Å². The van der Waals surface area contributed by atoms with Crippen LogP contribution in [0.1, 0.15) is 6.92 Å². The Morgan fingerprint density at radius 2 is 2.00 bits per heavy atom. The van der Waals surface area contributed by atoms with Crippen molar-refractivity contribution in [1.82, 2.24) is 15.1 Å². The highest BCUT2D eigenvalue weighted by atomic mass is 16.2. The minimum absolute atomic E-state index is 0.251. The number of hydrogen-bond acceptors (Lipinski definition) is 4. The molecular weight excluding hydrogens is 186 g/mol. The molecule has 6 heteroatoms. The average molecular weight is 199 g/mol. The van der Waals surface area contributed by atoms with Gasteiger partial charge in [-0.3, -0.25) is 19.8 Å². The summed E-state index contributed by atoms with van der Waals surface area (Å²) in [5, 5.41) is 1.94. The van der Waals surface area contributed by atoms with Crippen LogP contribution in [-0.4, -0.2) is 54.3 Å². The molecule has 0 spiro atoms. The predicted octanol–water partition coefficient (Wildman–Crippen LogP) is -0.984. The van der Waals surface area contributed by atoms with Crippen molar-refractivity contribution in [1.29, 1.82) is 0 Å². The first-order valence-electron chi connectivity index (χ1n) is 4.41. The maximum absolute atomic E-state index is 11.1. The van der Waals surface area contributed by atoms with Crippen molar-refractivity contribution in [2.45, 2.75) is 6.92 Å². The van der Waals surface area contributed by atoms with Crippen molar-refractivity contribution in [2.24, 2.45) is 0 Å². The molecule has 4 amide bonds. The second kappa shape index (κ2) is 4.19. The number of amides is 4. The van der Waals surface area contributed by atoms with E-state index in [0.717, 1.165) is 11.4 Å². The number of carbonyl (C=O) groups excluding carboxylic acids is 3. The molecule has 1 saturated heterocycles. The normalized spacial score (nSPS) is 16.8. The van der Waals surface area contributed by atoms with Crippen LogP contribution in [0.2, 0.25) is 0 Å². The standard InChI is InChI=1S/C8H13N3O3/c1-3-10(2)4-5-11-7(13)6(12)9-8(11)14/h3-5H2,1-2H3,(H,9,12,14). The smallest absolute Gasteiger partial charge is 0.305 e. The first-order valence-corrected chi connectivity index (χ1v) is 4.41. The van der Waals surface area contributed by atoms with Crippen LogP contribution < -0.4 is 5.32 Å². The Morgan fingerprint density at radius 1 is 1.36 bits per heavy atom. The summed E-state index contributed by atoms with van der Waals surface area (Å²) in [6, 6.07) is -0.621. The number of hydrogen-bond donors (Lipinski definition) is 1. The fraction of sp³-hybridized carbons (Fsp3) is 0.625. The summed E-state index contributed by atoms with van der Waals surface area (Å²) in [4.78, 5) is 35.8. The molecule has 0 aromatic heterocycles. The summed E-state index contributed by atoms with van der Waals surface area (Å²) in [7, 11) is 1.88. The minimum Gasteiger partial charge on any atom is -0.305 e. The van der Waals surface area contributed by atoms with Gasteiger partial charge in [-0.1, -0.05) is 6.92 Å². The highest BCUT2D eigenvalue weighted by molar-refractivity contribution is 6.44. The molecule has 1 rings (SSSR count). The largest absolute Gasteiger partial charge is 0.331 e. The number of imide groups is 2. The predicted molar refractivity (Wildman–Crippen MR) is 48.4 cm³/mol. The maximum Gasteiger partial charge on any atom is 0.331 e. The van der Waals surface area contributed by atoms with E-state index in [1.807, 2.05) is 24.2 Å². The molecule has 6 nitrogen and oxygen atoms in total. The Labute approximate surface area is 81.8 Å². The Kier molecular flexibility index (Phi) is 3.19. The fourth-order valence-corrected chi connectivity index (χ4v) is 1.06. The molecule has 1 aliphatic heterocycles. The molecule has 1 fully saturated rings. The molecule has 0 radical (unpaired) electrons. The first-order chi connectivity index (χ1) is 6.56. The zero-order valence-electron chi connectivity index (χ0n) is 8.24. The number of nitrogens with one attached hydrogen (secondary N) is 1. The van der Waals surface area contributed by atoms with Crippen LogP contribution in [-0.2, 0) is 9.59 Å². The van der Waals surface area contributed by atoms with Gasteiger partial charge in [0.2, 0.25) is 0 Å². The Balaban J connectivity index is 2.48. The van der Waals surface area contributed by atoms with Gasteiger partial charge < -0.3 is 4.90 Å². The Bertz CT molecular complexity index is 277. The van der Waals surface area contributed by atoms with Crippen molar-refractivity contribution in [3.05, 3.63) is 0 Å². The van der Waals surface area contributed by atoms with Crippen LogP contribution >= 0.6 is 0 Å². The number of carbonyl (C=O) groups is 3. The van der Waals surface area contributed by atoms with E-state index >= 15 is 0 Å². The van der Waals surface area contributed by atoms with Crippen LogP contribution in [0.15, 0.2) is 0 Å². The van der Waals surface area contributed by atoms with Crippen LogP contribution in [0.25, 0.3) is 0 Å². The van der Waals surface area contributed by atoms with Gasteiger partial charge in [0, 0.05) is 13.1 Å². The van der Waals surface area contributed by atoms with Crippen LogP contribution in [0.5, 0.6) is 0 Å². The van der Waals surface area contributed by atoms with E-state index < -0.39 is 17.8 Å². The van der Waals surface area contributed by atoms with E-state index in [2.05, 4.69) is 0 Å². The minimum atomic E-state index is -0.839. The lowest BCUT2D eigenvalue weighted by molar-refractivity contribution is -0.140. The maximum atomic E-state index is 11.1. The molecule has 0 atom stereocenters. The van der Waals surface area contributed by atoms with Crippen LogP contribution in [0.4, 0.5) is 4.79 Å². The van der Waals surface area contributed by atoms with Gasteiger partial charge in [0.25, 0.3) is 0 Å². The second-order valence-electron chi connectivity index (χ2n) is 3.11. The van der Waals surface area contributed by atoms with Crippen molar-refractivity contribution in [3.8, 4) is 0 Å². The fourth-order valence-electron chi connectivity index (χ4n) is 1.06. The molecule has 0 bridgehead atoms. The molecule has 0 unspecified atom stereocenters. The first kappa shape index (κ1) is 10.6. The molecular formula is C8H13N3O3. The molecule has 1 N–H and O–H groups in total. The van der Waals surface area contributed by atoms with E-state index in [-0.39, 0.29) is 6.54 Å². The van der Waals surface area contributed by atoms with Crippen molar-refractivity contribution < 1.29 is 14.4 Å². The van der Waals surface area contributed by atoms with Gasteiger partial charge >= 0.3 is 17.8 Å². The molecule has 0 aromatic rings. The van der Waals surface area contributed by atoms with Gasteiger partial charge in [0.05, 0.1) is 0 Å². The number of urea groups is 1. The van der Waals surface area contributed by atoms with E-state index in [9.17, 15) is 14.4 Å². The SMILES string of the molecule is CCN(C)CCN1C(=O)NC(=O)C1=O. The Morgan fingerprint density at radius 3 is 2.43 bits per heavy atom. The Hall–Kier alpha value is -1.43. The van der Waals surface area contributed by atoms with E-state index in [1.54, 1.807) is 0 Å². The summed E-state index contributed by atoms with van der Waals surface area (Å²) < 4.78 is 0. The van der Waals surface area contributed by atoms with Gasteiger partial charge in [-0.25, -0.2) is 4.79 Å². The van der Waals surface area contributed by atoms with Crippen LogP contribution in [0.3, 0.4) is 0 Å². The summed E-state index contributed by atoms with van der Waals surface area (Å²) in [6.07, 6.45) is 0. The lowest BCUT2D eigenvalue weighted by Gasteiger charge is -2.17. The third-order valence-electron chi connectivity index (χ3n) is 2.15. The average Bonchev–Trinajstić information content (AvgIpc) is 2.39. The highest BCUT2D eigenvalue weighted by Crippen LogP contribution is 1.99. The second-order valence-corrected chi connectivity index (χ2v) is 3.11. The molecule has 78 valence electrons. The molecule has 14 heavy (non-hydrogen) atoms. The van der Waals surface area contributed by atoms with Gasteiger partial charge in [-0.15, -0.1) is 0 Å². The van der Waals surface area contributed by atoms with Crippen molar-refractivity contribution in [3.63, 3.8) is 0 Å². The third kappa shape index (κ3) is 2.08. The van der Waals surface area contributed by atoms with E-state index in [0.29, 0.717) is 6.54 Å². The molecule has 0 aliphatic carbocycles. The molecule has 1 aliphatic rings. The number of rotatable bonds is 4. The van der Waals surface area contributed by atoms with E-state index in [1.165, 1.54) is 0 Å². The lowest BCUT2D eigenvalue weighted by atomic mass is 10.4. The zero-order valence-corrected chi connectivity index (χ0v) is 8.24. The molecule has 1 heterocycles. The van der Waals surface area contributed by atoms with Gasteiger partial charge in [-0.05, 0) is 13.6 Å². The monoisotopic (exact) mass is 199 g/mol. The molecule has 0 saturated carbocycles. The lowest BCUT2D eigenvalue weighted by Crippen LogP contribution is -2.37. The summed E-state index contributed by atoms with van der Waals surface area (Å²) in [6.45, 7) is 3.62. The number of nitrogens with zero attached hydrogens (tertiary/aromatic N) is 2. The topological polar surface area (TPSA) is 69.7 Å². The van der Waals surface area contributed by atoms with Gasteiger partial charge in [0.15, 0.2) is 0 Å². The third-order valence-corrected chi connectivity index (χ3v) is 2.15. The van der Waals surface area contributed by atoms with Gasteiger partial charge in [0.1, 0.15) is 0 Å². The summed E-state index contributed by atoms with van der Waals surface area (Å²) in [5.41, 5.74) is 0. The van der Waals surface area contributed by atoms with Crippen molar-refractivity contribution in [2.75, 3.05) is 26.7 Å². The quantitative estimate of drug-likeness (QED) is 0.466. The molecule has 0 aromatic carbocycles. The number of likely N-dealkylation sites (N-methyl/N-ethyl adjacent to an activating group) is 1.